The molecule has 0 saturated carbocycles. The topological polar surface area (TPSA) is 68.3 Å². The number of nitrogens with zero attached hydrogens (tertiary/aromatic N) is 3. The predicted molar refractivity (Wildman–Crippen MR) is 130 cm³/mol. The molecule has 0 bridgehead atoms. The van der Waals surface area contributed by atoms with Crippen LogP contribution in [0.1, 0.15) is 42.5 Å². The first-order chi connectivity index (χ1) is 15.2. The molecule has 2 aromatic heterocycles. The number of aromatic nitrogens is 2. The van der Waals surface area contributed by atoms with E-state index in [-0.39, 0.29) is 0 Å². The Bertz CT molecular complexity index is 1010. The fourth-order valence-electron chi connectivity index (χ4n) is 4.41. The molecule has 6 nitrogen and oxygen atoms in total. The first-order valence-corrected chi connectivity index (χ1v) is 11.4. The van der Waals surface area contributed by atoms with Gasteiger partial charge in [-0.05, 0) is 55.5 Å². The van der Waals surface area contributed by atoms with Gasteiger partial charge in [0.2, 0.25) is 0 Å². The Balaban J connectivity index is 1.30. The normalized spacial score (nSPS) is 15.2. The minimum Gasteiger partial charge on any atom is -0.358 e. The quantitative estimate of drug-likeness (QED) is 0.415. The molecule has 4 rings (SSSR count). The highest BCUT2D eigenvalue weighted by Crippen LogP contribution is 2.22. The largest absolute Gasteiger partial charge is 0.358 e. The monoisotopic (exact) mass is 418 g/mol. The third kappa shape index (κ3) is 5.37. The van der Waals surface area contributed by atoms with Crippen LogP contribution in [0, 0.1) is 6.92 Å². The highest BCUT2D eigenvalue weighted by molar-refractivity contribution is 5.84. The van der Waals surface area contributed by atoms with E-state index in [1.54, 1.807) is 0 Å². The second-order valence-electron chi connectivity index (χ2n) is 8.30. The number of hydrogen-bond donors (Lipinski definition) is 3. The zero-order valence-corrected chi connectivity index (χ0v) is 18.7. The smallest absolute Gasteiger partial charge is 0.191 e. The lowest BCUT2D eigenvalue weighted by Crippen LogP contribution is -2.38. The van der Waals surface area contributed by atoms with Gasteiger partial charge in [0.1, 0.15) is 5.82 Å². The maximum Gasteiger partial charge on any atom is 0.191 e. The summed E-state index contributed by atoms with van der Waals surface area (Å²) >= 11 is 0. The second-order valence-corrected chi connectivity index (χ2v) is 8.30. The van der Waals surface area contributed by atoms with E-state index >= 15 is 0 Å². The number of aromatic amines is 1. The molecule has 1 aliphatic heterocycles. The van der Waals surface area contributed by atoms with Gasteiger partial charge < -0.3 is 20.5 Å². The van der Waals surface area contributed by atoms with Crippen LogP contribution in [0.25, 0.3) is 10.9 Å². The van der Waals surface area contributed by atoms with E-state index in [1.807, 2.05) is 13.2 Å². The first-order valence-electron chi connectivity index (χ1n) is 11.4. The Morgan fingerprint density at radius 2 is 1.90 bits per heavy atom. The second kappa shape index (κ2) is 10.3. The number of H-pyrrole nitrogens is 1. The molecule has 0 atom stereocenters. The Hall–Kier alpha value is -3.02. The van der Waals surface area contributed by atoms with Crippen molar-refractivity contribution in [3.63, 3.8) is 0 Å². The summed E-state index contributed by atoms with van der Waals surface area (Å²) in [5.41, 5.74) is 5.04. The Labute approximate surface area is 185 Å². The average molecular weight is 419 g/mol. The maximum absolute atomic E-state index is 4.61. The summed E-state index contributed by atoms with van der Waals surface area (Å²) in [4.78, 5) is 14.9. The zero-order valence-electron chi connectivity index (χ0n) is 18.7. The average Bonchev–Trinajstić information content (AvgIpc) is 2.96. The molecule has 1 saturated heterocycles. The molecule has 0 spiro atoms. The molecule has 0 amide bonds. The molecule has 164 valence electrons. The third-order valence-corrected chi connectivity index (χ3v) is 6.12. The van der Waals surface area contributed by atoms with E-state index in [4.69, 9.17) is 0 Å². The molecule has 1 fully saturated rings. The van der Waals surface area contributed by atoms with Gasteiger partial charge in [-0.25, -0.2) is 4.98 Å². The number of fused-ring (bicyclic) bond motifs is 1. The lowest BCUT2D eigenvalue weighted by atomic mass is 10.1. The summed E-state index contributed by atoms with van der Waals surface area (Å²) in [7, 11) is 1.82. The minimum absolute atomic E-state index is 0.731. The van der Waals surface area contributed by atoms with Crippen molar-refractivity contribution in [1.82, 2.24) is 20.6 Å². The van der Waals surface area contributed by atoms with Gasteiger partial charge in [-0.2, -0.15) is 0 Å². The summed E-state index contributed by atoms with van der Waals surface area (Å²) in [5, 5.41) is 8.21. The van der Waals surface area contributed by atoms with E-state index in [9.17, 15) is 0 Å². The van der Waals surface area contributed by atoms with Crippen LogP contribution in [0.2, 0.25) is 0 Å². The SMILES string of the molecule is CN=C(NCCc1c(C)[nH]c2ccccc12)NCc1ccnc(N2CCCCCC2)c1. The lowest BCUT2D eigenvalue weighted by molar-refractivity contribution is 0.726. The molecule has 0 radical (unpaired) electrons. The molecule has 0 aliphatic carbocycles. The van der Waals surface area contributed by atoms with Gasteiger partial charge in [-0.3, -0.25) is 4.99 Å². The number of para-hydroxylation sites is 1. The van der Waals surface area contributed by atoms with Crippen molar-refractivity contribution in [2.75, 3.05) is 31.6 Å². The molecule has 31 heavy (non-hydrogen) atoms. The van der Waals surface area contributed by atoms with Gasteiger partial charge in [0.05, 0.1) is 0 Å². The summed E-state index contributed by atoms with van der Waals surface area (Å²) in [5.74, 6) is 1.92. The van der Waals surface area contributed by atoms with E-state index < -0.39 is 0 Å². The van der Waals surface area contributed by atoms with Crippen molar-refractivity contribution in [2.24, 2.45) is 4.99 Å². The molecule has 1 aromatic carbocycles. The Morgan fingerprint density at radius 3 is 2.71 bits per heavy atom. The summed E-state index contributed by atoms with van der Waals surface area (Å²) in [6, 6.07) is 12.8. The minimum atomic E-state index is 0.731. The van der Waals surface area contributed by atoms with E-state index in [0.29, 0.717) is 0 Å². The van der Waals surface area contributed by atoms with Crippen molar-refractivity contribution in [3.8, 4) is 0 Å². The number of aryl methyl sites for hydroxylation is 1. The number of pyridine rings is 1. The fraction of sp³-hybridized carbons (Fsp3) is 0.440. The van der Waals surface area contributed by atoms with Crippen LogP contribution in [-0.4, -0.2) is 42.6 Å². The fourth-order valence-corrected chi connectivity index (χ4v) is 4.41. The Kier molecular flexibility index (Phi) is 7.07. The summed E-state index contributed by atoms with van der Waals surface area (Å²) in [6.07, 6.45) is 8.06. The summed E-state index contributed by atoms with van der Waals surface area (Å²) < 4.78 is 0. The van der Waals surface area contributed by atoms with Gasteiger partial charge in [0.25, 0.3) is 0 Å². The van der Waals surface area contributed by atoms with Crippen LogP contribution in [-0.2, 0) is 13.0 Å². The van der Waals surface area contributed by atoms with Crippen molar-refractivity contribution < 1.29 is 0 Å². The van der Waals surface area contributed by atoms with Crippen molar-refractivity contribution in [3.05, 3.63) is 59.4 Å². The standard InChI is InChI=1S/C25H34N6/c1-19-21(22-9-5-6-10-23(22)30-19)12-14-28-25(26-2)29-18-20-11-13-27-24(17-20)31-15-7-3-4-8-16-31/h5-6,9-11,13,17,30H,3-4,7-8,12,14-16,18H2,1-2H3,(H2,26,28,29). The molecule has 3 aromatic rings. The molecular formula is C25H34N6. The van der Waals surface area contributed by atoms with Gasteiger partial charge in [-0.1, -0.05) is 31.0 Å². The maximum atomic E-state index is 4.61. The van der Waals surface area contributed by atoms with Crippen LogP contribution >= 0.6 is 0 Å². The molecule has 0 unspecified atom stereocenters. The third-order valence-electron chi connectivity index (χ3n) is 6.12. The number of anilines is 1. The molecule has 3 heterocycles. The van der Waals surface area contributed by atoms with Crippen LogP contribution in [0.3, 0.4) is 0 Å². The first kappa shape index (κ1) is 21.2. The number of rotatable bonds is 6. The highest BCUT2D eigenvalue weighted by Gasteiger charge is 2.12. The molecule has 6 heteroatoms. The number of benzene rings is 1. The number of nitrogens with one attached hydrogen (secondary N) is 3. The number of hydrogen-bond acceptors (Lipinski definition) is 3. The van der Waals surface area contributed by atoms with Gasteiger partial charge in [-0.15, -0.1) is 0 Å². The number of guanidine groups is 1. The van der Waals surface area contributed by atoms with Crippen LogP contribution in [0.15, 0.2) is 47.6 Å². The molecule has 3 N–H and O–H groups in total. The van der Waals surface area contributed by atoms with E-state index in [1.165, 1.54) is 53.4 Å². The lowest BCUT2D eigenvalue weighted by Gasteiger charge is -2.22. The van der Waals surface area contributed by atoms with E-state index in [0.717, 1.165) is 44.4 Å². The van der Waals surface area contributed by atoms with Crippen molar-refractivity contribution in [2.45, 2.75) is 45.6 Å². The van der Waals surface area contributed by atoms with Crippen molar-refractivity contribution >= 4 is 22.7 Å². The molecular weight excluding hydrogens is 384 g/mol. The highest BCUT2D eigenvalue weighted by atomic mass is 15.2. The zero-order chi connectivity index (χ0) is 21.5. The van der Waals surface area contributed by atoms with Gasteiger partial charge >= 0.3 is 0 Å². The Morgan fingerprint density at radius 1 is 1.10 bits per heavy atom. The number of aliphatic imine (C=N–C) groups is 1. The van der Waals surface area contributed by atoms with Crippen molar-refractivity contribution in [1.29, 1.82) is 0 Å². The predicted octanol–water partition coefficient (Wildman–Crippen LogP) is 4.16. The van der Waals surface area contributed by atoms with Gasteiger partial charge in [0.15, 0.2) is 5.96 Å². The van der Waals surface area contributed by atoms with Crippen LogP contribution in [0.5, 0.6) is 0 Å². The van der Waals surface area contributed by atoms with Crippen LogP contribution < -0.4 is 15.5 Å². The van der Waals surface area contributed by atoms with Crippen LogP contribution in [0.4, 0.5) is 5.82 Å². The van der Waals surface area contributed by atoms with Gasteiger partial charge in [0, 0.05) is 56.0 Å². The molecule has 1 aliphatic rings. The summed E-state index contributed by atoms with van der Waals surface area (Å²) in [6.45, 7) is 5.93. The van der Waals surface area contributed by atoms with E-state index in [2.05, 4.69) is 73.8 Å².